The molecule has 3 unspecified atom stereocenters. The van der Waals surface area contributed by atoms with Gasteiger partial charge in [0.15, 0.2) is 0 Å². The average Bonchev–Trinajstić information content (AvgIpc) is 3.29. The molecule has 2 aromatic carbocycles. The molecule has 1 aliphatic rings. The Bertz CT molecular complexity index is 584. The van der Waals surface area contributed by atoms with Crippen molar-refractivity contribution in [1.29, 1.82) is 0 Å². The number of hydrogen-bond donors (Lipinski definition) is 0. The molecular formula is C17H17NOS. The van der Waals surface area contributed by atoms with E-state index in [0.717, 1.165) is 11.4 Å². The average molecular weight is 283 g/mol. The molecule has 0 amide bonds. The molecule has 0 spiro atoms. The van der Waals surface area contributed by atoms with Gasteiger partial charge in [-0.1, -0.05) is 60.3 Å². The van der Waals surface area contributed by atoms with Crippen molar-refractivity contribution in [2.75, 3.05) is 6.54 Å². The van der Waals surface area contributed by atoms with Gasteiger partial charge < -0.3 is 0 Å². The number of carbonyl (C=O) groups excluding carboxylic acids is 1. The Labute approximate surface area is 123 Å². The summed E-state index contributed by atoms with van der Waals surface area (Å²) >= 11 is 1.35. The minimum atomic E-state index is 0.0652. The minimum absolute atomic E-state index is 0.0652. The summed E-state index contributed by atoms with van der Waals surface area (Å²) in [5.74, 6) is 0. The third-order valence-corrected chi connectivity index (χ3v) is 4.64. The van der Waals surface area contributed by atoms with Crippen LogP contribution in [0.15, 0.2) is 65.6 Å². The van der Waals surface area contributed by atoms with Crippen LogP contribution in [-0.4, -0.2) is 22.6 Å². The number of carbonyl (C=O) groups is 1. The first kappa shape index (κ1) is 13.4. The van der Waals surface area contributed by atoms with Crippen molar-refractivity contribution in [3.63, 3.8) is 0 Å². The normalized spacial score (nSPS) is 22.2. The van der Waals surface area contributed by atoms with Crippen LogP contribution in [0.25, 0.3) is 0 Å². The number of benzene rings is 2. The highest BCUT2D eigenvalue weighted by Crippen LogP contribution is 2.35. The molecule has 20 heavy (non-hydrogen) atoms. The van der Waals surface area contributed by atoms with Crippen LogP contribution < -0.4 is 0 Å². The van der Waals surface area contributed by atoms with Crippen LogP contribution in [0.1, 0.15) is 18.5 Å². The van der Waals surface area contributed by atoms with E-state index in [1.165, 1.54) is 17.3 Å². The van der Waals surface area contributed by atoms with Crippen molar-refractivity contribution in [1.82, 2.24) is 4.90 Å². The van der Waals surface area contributed by atoms with Crippen LogP contribution >= 0.6 is 11.8 Å². The van der Waals surface area contributed by atoms with Gasteiger partial charge >= 0.3 is 0 Å². The van der Waals surface area contributed by atoms with E-state index in [0.29, 0.717) is 6.04 Å². The molecule has 1 fully saturated rings. The number of thioether (sulfide) groups is 1. The molecule has 0 saturated carbocycles. The van der Waals surface area contributed by atoms with Crippen molar-refractivity contribution < 1.29 is 4.79 Å². The molecule has 1 heterocycles. The smallest absolute Gasteiger partial charge is 0.212 e. The highest BCUT2D eigenvalue weighted by atomic mass is 32.2. The number of rotatable bonds is 4. The van der Waals surface area contributed by atoms with Gasteiger partial charge in [0.2, 0.25) is 5.12 Å². The van der Waals surface area contributed by atoms with Gasteiger partial charge in [-0.25, -0.2) is 0 Å². The van der Waals surface area contributed by atoms with E-state index < -0.39 is 0 Å². The van der Waals surface area contributed by atoms with E-state index in [1.807, 2.05) is 48.5 Å². The van der Waals surface area contributed by atoms with Gasteiger partial charge in [0.25, 0.3) is 0 Å². The molecule has 0 N–H and O–H groups in total. The fourth-order valence-corrected chi connectivity index (χ4v) is 3.26. The van der Waals surface area contributed by atoms with Crippen LogP contribution in [0, 0.1) is 0 Å². The zero-order valence-corrected chi connectivity index (χ0v) is 12.2. The van der Waals surface area contributed by atoms with Gasteiger partial charge in [-0.3, -0.25) is 9.69 Å². The molecular weight excluding hydrogens is 266 g/mol. The minimum Gasteiger partial charge on any atom is -0.285 e. The summed E-state index contributed by atoms with van der Waals surface area (Å²) in [7, 11) is 0. The van der Waals surface area contributed by atoms with Crippen molar-refractivity contribution in [3.05, 3.63) is 66.2 Å². The second kappa shape index (κ2) is 5.81. The predicted octanol–water partition coefficient (Wildman–Crippen LogP) is 3.75. The molecule has 3 atom stereocenters. The lowest BCUT2D eigenvalue weighted by Crippen LogP contribution is -2.13. The lowest BCUT2D eigenvalue weighted by molar-refractivity contribution is -0.111. The lowest BCUT2D eigenvalue weighted by atomic mass is 10.1. The molecule has 2 nitrogen and oxygen atoms in total. The first-order valence-corrected chi connectivity index (χ1v) is 7.65. The number of nitrogens with zero attached hydrogens (tertiary/aromatic N) is 1. The van der Waals surface area contributed by atoms with E-state index in [2.05, 4.69) is 24.0 Å². The molecule has 1 saturated heterocycles. The van der Waals surface area contributed by atoms with E-state index in [9.17, 15) is 4.79 Å². The summed E-state index contributed by atoms with van der Waals surface area (Å²) in [5.41, 5.74) is 1.27. The third kappa shape index (κ3) is 2.94. The quantitative estimate of drug-likeness (QED) is 0.629. The van der Waals surface area contributed by atoms with Crippen LogP contribution in [-0.2, 0) is 4.79 Å². The second-order valence-electron chi connectivity index (χ2n) is 5.03. The number of hydrogen-bond acceptors (Lipinski definition) is 3. The molecule has 0 radical (unpaired) electrons. The topological polar surface area (TPSA) is 20.1 Å². The summed E-state index contributed by atoms with van der Waals surface area (Å²) in [6.07, 6.45) is 0. The third-order valence-electron chi connectivity index (χ3n) is 3.66. The van der Waals surface area contributed by atoms with E-state index >= 15 is 0 Å². The van der Waals surface area contributed by atoms with E-state index in [1.54, 1.807) is 0 Å². The SMILES string of the molecule is CC(c1ccccc1)N1CC1C(=O)Sc1ccccc1. The summed E-state index contributed by atoms with van der Waals surface area (Å²) in [6.45, 7) is 3.03. The first-order chi connectivity index (χ1) is 9.75. The Hall–Kier alpha value is -1.58. The Morgan fingerprint density at radius 2 is 1.70 bits per heavy atom. The monoisotopic (exact) mass is 283 g/mol. The molecule has 102 valence electrons. The predicted molar refractivity (Wildman–Crippen MR) is 82.7 cm³/mol. The van der Waals surface area contributed by atoms with E-state index in [4.69, 9.17) is 0 Å². The Morgan fingerprint density at radius 3 is 2.35 bits per heavy atom. The molecule has 0 aromatic heterocycles. The fourth-order valence-electron chi connectivity index (χ4n) is 2.39. The summed E-state index contributed by atoms with van der Waals surface area (Å²) in [6, 6.07) is 20.6. The van der Waals surface area contributed by atoms with E-state index in [-0.39, 0.29) is 11.2 Å². The highest BCUT2D eigenvalue weighted by molar-refractivity contribution is 8.13. The standard InChI is InChI=1S/C17H17NOS/c1-13(14-8-4-2-5-9-14)18-12-16(18)17(19)20-15-10-6-3-7-11-15/h2-11,13,16H,12H2,1H3. The van der Waals surface area contributed by atoms with Gasteiger partial charge in [-0.2, -0.15) is 0 Å². The fraction of sp³-hybridized carbons (Fsp3) is 0.235. The van der Waals surface area contributed by atoms with Crippen LogP contribution in [0.3, 0.4) is 0 Å². The summed E-state index contributed by atoms with van der Waals surface area (Å²) in [5, 5.41) is 0.249. The molecule has 3 rings (SSSR count). The van der Waals surface area contributed by atoms with Crippen molar-refractivity contribution in [2.45, 2.75) is 23.9 Å². The van der Waals surface area contributed by atoms with Crippen LogP contribution in [0.2, 0.25) is 0 Å². The van der Waals surface area contributed by atoms with Gasteiger partial charge in [-0.15, -0.1) is 0 Å². The zero-order valence-electron chi connectivity index (χ0n) is 11.4. The van der Waals surface area contributed by atoms with Crippen LogP contribution in [0.4, 0.5) is 0 Å². The summed E-state index contributed by atoms with van der Waals surface area (Å²) < 4.78 is 0. The molecule has 3 heteroatoms. The first-order valence-electron chi connectivity index (χ1n) is 6.83. The molecule has 0 aliphatic carbocycles. The highest BCUT2D eigenvalue weighted by Gasteiger charge is 2.43. The Morgan fingerprint density at radius 1 is 1.10 bits per heavy atom. The van der Waals surface area contributed by atoms with Gasteiger partial charge in [-0.05, 0) is 24.6 Å². The molecule has 2 aromatic rings. The maximum Gasteiger partial charge on any atom is 0.212 e. The maximum atomic E-state index is 12.2. The summed E-state index contributed by atoms with van der Waals surface area (Å²) in [4.78, 5) is 15.5. The molecule has 0 bridgehead atoms. The maximum absolute atomic E-state index is 12.2. The Balaban J connectivity index is 1.60. The van der Waals surface area contributed by atoms with Gasteiger partial charge in [0.1, 0.15) is 0 Å². The van der Waals surface area contributed by atoms with Gasteiger partial charge in [0.05, 0.1) is 6.04 Å². The van der Waals surface area contributed by atoms with Crippen molar-refractivity contribution in [2.24, 2.45) is 0 Å². The van der Waals surface area contributed by atoms with Crippen molar-refractivity contribution >= 4 is 16.9 Å². The second-order valence-corrected chi connectivity index (χ2v) is 6.11. The zero-order chi connectivity index (χ0) is 13.9. The molecule has 1 aliphatic heterocycles. The lowest BCUT2D eigenvalue weighted by Gasteiger charge is -2.13. The largest absolute Gasteiger partial charge is 0.285 e. The Kier molecular flexibility index (Phi) is 3.90. The van der Waals surface area contributed by atoms with Crippen molar-refractivity contribution in [3.8, 4) is 0 Å². The van der Waals surface area contributed by atoms with Gasteiger partial charge in [0, 0.05) is 17.5 Å². The van der Waals surface area contributed by atoms with Crippen LogP contribution in [0.5, 0.6) is 0 Å².